The van der Waals surface area contributed by atoms with Crippen LogP contribution in [0.4, 0.5) is 0 Å². The monoisotopic (exact) mass is 410 g/mol. The molecule has 1 fully saturated rings. The summed E-state index contributed by atoms with van der Waals surface area (Å²) in [6, 6.07) is 18.2. The summed E-state index contributed by atoms with van der Waals surface area (Å²) in [5.41, 5.74) is 2.23. The van der Waals surface area contributed by atoms with E-state index in [0.717, 1.165) is 11.3 Å². The van der Waals surface area contributed by atoms with E-state index >= 15 is 0 Å². The van der Waals surface area contributed by atoms with Crippen LogP contribution in [0, 0.1) is 0 Å². The molecule has 2 aromatic carbocycles. The van der Waals surface area contributed by atoms with Gasteiger partial charge in [-0.05, 0) is 35.9 Å². The molecule has 0 saturated carbocycles. The number of carbonyl (C=O) groups is 1. The zero-order valence-corrected chi connectivity index (χ0v) is 16.7. The maximum absolute atomic E-state index is 12.8. The molecule has 1 aliphatic rings. The third-order valence-corrected chi connectivity index (χ3v) is 6.84. The fourth-order valence-electron chi connectivity index (χ4n) is 3.41. The number of piperazine rings is 1. The molecule has 1 aromatic heterocycles. The minimum Gasteiger partial charge on any atom is -0.336 e. The van der Waals surface area contributed by atoms with Crippen LogP contribution in [0.2, 0.25) is 0 Å². The van der Waals surface area contributed by atoms with Gasteiger partial charge in [0.05, 0.1) is 11.4 Å². The van der Waals surface area contributed by atoms with E-state index in [9.17, 15) is 13.2 Å². The zero-order valence-electron chi connectivity index (χ0n) is 15.9. The molecular weight excluding hydrogens is 388 g/mol. The Bertz CT molecular complexity index is 1060. The van der Waals surface area contributed by atoms with E-state index in [-0.39, 0.29) is 11.7 Å². The highest BCUT2D eigenvalue weighted by Gasteiger charge is 2.29. The van der Waals surface area contributed by atoms with E-state index in [1.165, 1.54) is 4.31 Å². The van der Waals surface area contributed by atoms with Gasteiger partial charge < -0.3 is 4.90 Å². The summed E-state index contributed by atoms with van der Waals surface area (Å²) in [6.07, 6.45) is 3.54. The molecule has 150 valence electrons. The van der Waals surface area contributed by atoms with E-state index in [4.69, 9.17) is 0 Å². The molecule has 0 atom stereocenters. The second kappa shape index (κ2) is 8.18. The quantitative estimate of drug-likeness (QED) is 0.646. The van der Waals surface area contributed by atoms with E-state index in [1.807, 2.05) is 54.7 Å². The second-order valence-corrected chi connectivity index (χ2v) is 8.90. The molecule has 0 spiro atoms. The number of hydrogen-bond donors (Lipinski definition) is 0. The van der Waals surface area contributed by atoms with Crippen molar-refractivity contribution in [2.75, 3.05) is 26.2 Å². The highest BCUT2D eigenvalue weighted by molar-refractivity contribution is 7.88. The molecule has 0 radical (unpaired) electrons. The molecule has 0 bridgehead atoms. The lowest BCUT2D eigenvalue weighted by atomic mass is 10.1. The van der Waals surface area contributed by atoms with Gasteiger partial charge in [0.2, 0.25) is 10.0 Å². The molecule has 8 heteroatoms. The highest BCUT2D eigenvalue weighted by atomic mass is 32.2. The van der Waals surface area contributed by atoms with Crippen molar-refractivity contribution in [3.63, 3.8) is 0 Å². The van der Waals surface area contributed by atoms with Gasteiger partial charge in [0.1, 0.15) is 0 Å². The minimum absolute atomic E-state index is 0.0172. The molecule has 1 amide bonds. The lowest BCUT2D eigenvalue weighted by Crippen LogP contribution is -2.50. The molecule has 0 aliphatic carbocycles. The van der Waals surface area contributed by atoms with Gasteiger partial charge in [0, 0.05) is 44.1 Å². The van der Waals surface area contributed by atoms with Crippen molar-refractivity contribution in [2.45, 2.75) is 5.75 Å². The van der Waals surface area contributed by atoms with E-state index < -0.39 is 10.0 Å². The van der Waals surface area contributed by atoms with Crippen LogP contribution >= 0.6 is 0 Å². The van der Waals surface area contributed by atoms with Crippen molar-refractivity contribution in [3.05, 3.63) is 84.2 Å². The van der Waals surface area contributed by atoms with Gasteiger partial charge in [-0.25, -0.2) is 13.1 Å². The van der Waals surface area contributed by atoms with Crippen molar-refractivity contribution < 1.29 is 13.2 Å². The molecule has 0 N–H and O–H groups in total. The number of nitrogens with zero attached hydrogens (tertiary/aromatic N) is 4. The summed E-state index contributed by atoms with van der Waals surface area (Å²) < 4.78 is 28.5. The van der Waals surface area contributed by atoms with Gasteiger partial charge in [-0.2, -0.15) is 9.40 Å². The lowest BCUT2D eigenvalue weighted by Gasteiger charge is -2.34. The van der Waals surface area contributed by atoms with Gasteiger partial charge in [-0.1, -0.05) is 30.3 Å². The summed E-state index contributed by atoms with van der Waals surface area (Å²) in [7, 11) is -3.40. The van der Waals surface area contributed by atoms with Gasteiger partial charge in [0.25, 0.3) is 5.91 Å². The number of benzene rings is 2. The highest BCUT2D eigenvalue weighted by Crippen LogP contribution is 2.16. The van der Waals surface area contributed by atoms with Crippen LogP contribution in [-0.2, 0) is 15.8 Å². The molecule has 7 nitrogen and oxygen atoms in total. The van der Waals surface area contributed by atoms with Crippen molar-refractivity contribution in [3.8, 4) is 5.69 Å². The Labute approximate surface area is 170 Å². The van der Waals surface area contributed by atoms with E-state index in [1.54, 1.807) is 27.9 Å². The number of aromatic nitrogens is 2. The van der Waals surface area contributed by atoms with Crippen LogP contribution in [0.25, 0.3) is 5.69 Å². The fourth-order valence-corrected chi connectivity index (χ4v) is 4.92. The number of sulfonamides is 1. The Kier molecular flexibility index (Phi) is 5.46. The summed E-state index contributed by atoms with van der Waals surface area (Å²) in [5, 5.41) is 4.17. The second-order valence-electron chi connectivity index (χ2n) is 6.93. The van der Waals surface area contributed by atoms with Crippen LogP contribution in [0.5, 0.6) is 0 Å². The normalized spacial score (nSPS) is 15.4. The molecule has 2 heterocycles. The predicted octanol–water partition coefficient (Wildman–Crippen LogP) is 2.16. The average molecular weight is 410 g/mol. The number of carbonyl (C=O) groups excluding carboxylic acids is 1. The predicted molar refractivity (Wildman–Crippen MR) is 110 cm³/mol. The number of hydrogen-bond acceptors (Lipinski definition) is 4. The lowest BCUT2D eigenvalue weighted by molar-refractivity contribution is 0.0698. The molecule has 4 rings (SSSR count). The SMILES string of the molecule is O=C(c1ccc(-n2cccn2)cc1)N1CCN(S(=O)(=O)Cc2ccccc2)CC1. The minimum atomic E-state index is -3.40. The Hall–Kier alpha value is -2.97. The maximum Gasteiger partial charge on any atom is 0.253 e. The first-order chi connectivity index (χ1) is 14.0. The molecule has 1 saturated heterocycles. The van der Waals surface area contributed by atoms with Crippen LogP contribution in [-0.4, -0.2) is 59.5 Å². The summed E-state index contributed by atoms with van der Waals surface area (Å²) in [6.45, 7) is 1.39. The van der Waals surface area contributed by atoms with E-state index in [0.29, 0.717) is 31.7 Å². The zero-order chi connectivity index (χ0) is 20.3. The fraction of sp³-hybridized carbons (Fsp3) is 0.238. The Balaban J connectivity index is 1.37. The summed E-state index contributed by atoms with van der Waals surface area (Å²) in [4.78, 5) is 14.5. The Morgan fingerprint density at radius 2 is 1.59 bits per heavy atom. The third-order valence-electron chi connectivity index (χ3n) is 4.99. The summed E-state index contributed by atoms with van der Waals surface area (Å²) in [5.74, 6) is -0.103. The third kappa shape index (κ3) is 4.38. The average Bonchev–Trinajstić information content (AvgIpc) is 3.29. The molecule has 0 unspecified atom stereocenters. The molecular formula is C21H22N4O3S. The van der Waals surface area contributed by atoms with Gasteiger partial charge in [-0.15, -0.1) is 0 Å². The van der Waals surface area contributed by atoms with Gasteiger partial charge >= 0.3 is 0 Å². The van der Waals surface area contributed by atoms with Crippen LogP contribution in [0.3, 0.4) is 0 Å². The molecule has 29 heavy (non-hydrogen) atoms. The Morgan fingerprint density at radius 1 is 0.897 bits per heavy atom. The molecule has 1 aliphatic heterocycles. The smallest absolute Gasteiger partial charge is 0.253 e. The number of amides is 1. The summed E-state index contributed by atoms with van der Waals surface area (Å²) >= 11 is 0. The van der Waals surface area contributed by atoms with Crippen molar-refractivity contribution in [2.24, 2.45) is 0 Å². The van der Waals surface area contributed by atoms with Gasteiger partial charge in [0.15, 0.2) is 0 Å². The Morgan fingerprint density at radius 3 is 2.21 bits per heavy atom. The van der Waals surface area contributed by atoms with Crippen molar-refractivity contribution in [1.82, 2.24) is 19.0 Å². The first-order valence-electron chi connectivity index (χ1n) is 9.44. The molecule has 3 aromatic rings. The first kappa shape index (κ1) is 19.4. The van der Waals surface area contributed by atoms with Crippen LogP contribution in [0.1, 0.15) is 15.9 Å². The van der Waals surface area contributed by atoms with Crippen LogP contribution in [0.15, 0.2) is 73.1 Å². The first-order valence-corrected chi connectivity index (χ1v) is 11.0. The van der Waals surface area contributed by atoms with Crippen molar-refractivity contribution in [1.29, 1.82) is 0 Å². The maximum atomic E-state index is 12.8. The van der Waals surface area contributed by atoms with Crippen molar-refractivity contribution >= 4 is 15.9 Å². The number of rotatable bonds is 5. The standard InChI is InChI=1S/C21H22N4O3S/c26-21(19-7-9-20(10-8-19)25-12-4-11-22-25)23-13-15-24(16-14-23)29(27,28)17-18-5-2-1-3-6-18/h1-12H,13-17H2. The van der Waals surface area contributed by atoms with Crippen LogP contribution < -0.4 is 0 Å². The van der Waals surface area contributed by atoms with E-state index in [2.05, 4.69) is 5.10 Å². The largest absolute Gasteiger partial charge is 0.336 e. The van der Waals surface area contributed by atoms with Gasteiger partial charge in [-0.3, -0.25) is 4.79 Å². The topological polar surface area (TPSA) is 75.5 Å².